The van der Waals surface area contributed by atoms with Crippen molar-refractivity contribution < 1.29 is 27.2 Å². The Morgan fingerprint density at radius 3 is 1.73 bits per heavy atom. The fourth-order valence-electron chi connectivity index (χ4n) is 9.50. The number of allylic oxidation sites excluding steroid dienone is 1. The number of ether oxygens (including phenoxy) is 3. The van der Waals surface area contributed by atoms with Crippen molar-refractivity contribution in [3.63, 3.8) is 0 Å². The van der Waals surface area contributed by atoms with E-state index in [0.717, 1.165) is 37.5 Å². The van der Waals surface area contributed by atoms with Crippen LogP contribution in [0.1, 0.15) is 58.9 Å². The summed E-state index contributed by atoms with van der Waals surface area (Å²) in [6.45, 7) is 35.3. The average molecular weight is 867 g/mol. The number of benzene rings is 4. The Labute approximate surface area is 360 Å². The SMILES string of the molecule is C=CC.C=O.CC(Cc1cc(C2(c3ccc(C4CO4)c(C[Si](C)(C)O[Si](C)(C)C)c3)c3ccccc3-c3ccccc32)ccc1OCC1CO1)C[Si](C)(C)O[Si](C)(C)C. The number of fused-ring (bicyclic) bond motifs is 3. The van der Waals surface area contributed by atoms with Gasteiger partial charge in [0.05, 0.1) is 18.6 Å². The van der Waals surface area contributed by atoms with Crippen molar-refractivity contribution in [2.24, 2.45) is 5.92 Å². The van der Waals surface area contributed by atoms with Crippen molar-refractivity contribution in [2.45, 2.75) is 115 Å². The molecule has 4 aromatic rings. The molecule has 0 saturated carbocycles. The lowest BCUT2D eigenvalue weighted by molar-refractivity contribution is -0.0980. The van der Waals surface area contributed by atoms with Crippen LogP contribution in [0.5, 0.6) is 5.75 Å². The summed E-state index contributed by atoms with van der Waals surface area (Å²) >= 11 is 0. The highest BCUT2D eigenvalue weighted by Gasteiger charge is 2.47. The Kier molecular flexibility index (Phi) is 14.9. The predicted octanol–water partition coefficient (Wildman–Crippen LogP) is 12.3. The fourth-order valence-corrected chi connectivity index (χ4v) is 26.4. The van der Waals surface area contributed by atoms with Gasteiger partial charge in [-0.05, 0) is 153 Å². The first-order chi connectivity index (χ1) is 27.7. The number of rotatable bonds is 16. The third kappa shape index (κ3) is 11.8. The maximum Gasteiger partial charge on any atom is 0.177 e. The van der Waals surface area contributed by atoms with Gasteiger partial charge in [0.15, 0.2) is 33.3 Å². The summed E-state index contributed by atoms with van der Waals surface area (Å²) in [5.41, 5.74) is 11.3. The maximum absolute atomic E-state index is 8.00. The van der Waals surface area contributed by atoms with Crippen LogP contribution in [0.25, 0.3) is 11.1 Å². The van der Waals surface area contributed by atoms with Gasteiger partial charge in [-0.1, -0.05) is 91.9 Å². The minimum Gasteiger partial charge on any atom is -0.491 e. The molecular weight excluding hydrogens is 797 g/mol. The van der Waals surface area contributed by atoms with Crippen molar-refractivity contribution in [3.05, 3.63) is 137 Å². The first-order valence-electron chi connectivity index (χ1n) is 21.3. The molecule has 1 aliphatic carbocycles. The zero-order valence-electron chi connectivity index (χ0n) is 38.0. The number of carbonyl (C=O) groups is 1. The van der Waals surface area contributed by atoms with E-state index in [4.69, 9.17) is 27.2 Å². The van der Waals surface area contributed by atoms with Crippen LogP contribution in [0.4, 0.5) is 0 Å². The van der Waals surface area contributed by atoms with Gasteiger partial charge >= 0.3 is 0 Å². The van der Waals surface area contributed by atoms with Gasteiger partial charge in [-0.25, -0.2) is 0 Å². The van der Waals surface area contributed by atoms with Gasteiger partial charge in [-0.2, -0.15) is 0 Å². The number of hydrogen-bond acceptors (Lipinski definition) is 6. The Morgan fingerprint density at radius 2 is 1.22 bits per heavy atom. The predicted molar refractivity (Wildman–Crippen MR) is 256 cm³/mol. The van der Waals surface area contributed by atoms with E-state index in [1.165, 1.54) is 50.1 Å². The second-order valence-electron chi connectivity index (χ2n) is 19.7. The second kappa shape index (κ2) is 18.8. The Balaban J connectivity index is 0.00000127. The third-order valence-corrected chi connectivity index (χ3v) is 23.0. The molecule has 3 aliphatic rings. The zero-order valence-corrected chi connectivity index (χ0v) is 42.0. The van der Waals surface area contributed by atoms with Crippen molar-refractivity contribution in [1.82, 2.24) is 0 Å². The van der Waals surface area contributed by atoms with Crippen LogP contribution in [0.3, 0.4) is 0 Å². The summed E-state index contributed by atoms with van der Waals surface area (Å²) in [5, 5.41) is 0. The van der Waals surface area contributed by atoms with E-state index in [2.05, 4.69) is 164 Å². The van der Waals surface area contributed by atoms with E-state index < -0.39 is 38.7 Å². The molecule has 318 valence electrons. The lowest BCUT2D eigenvalue weighted by atomic mass is 9.67. The molecule has 0 aromatic heterocycles. The van der Waals surface area contributed by atoms with E-state index in [9.17, 15) is 0 Å². The monoisotopic (exact) mass is 866 g/mol. The molecule has 2 aliphatic heterocycles. The summed E-state index contributed by atoms with van der Waals surface area (Å²) in [4.78, 5) is 8.00. The van der Waals surface area contributed by atoms with Gasteiger partial charge < -0.3 is 27.2 Å². The van der Waals surface area contributed by atoms with E-state index in [0.29, 0.717) is 12.5 Å². The lowest BCUT2D eigenvalue weighted by Crippen LogP contribution is -2.44. The summed E-state index contributed by atoms with van der Waals surface area (Å²) < 4.78 is 31.9. The molecule has 2 heterocycles. The minimum absolute atomic E-state index is 0.169. The summed E-state index contributed by atoms with van der Waals surface area (Å²) in [6.07, 6.45) is 3.04. The highest BCUT2D eigenvalue weighted by atomic mass is 28.4. The third-order valence-electron chi connectivity index (χ3n) is 10.7. The number of epoxide rings is 2. The van der Waals surface area contributed by atoms with Gasteiger partial charge in [0.2, 0.25) is 0 Å². The van der Waals surface area contributed by atoms with Crippen LogP contribution in [0.15, 0.2) is 97.6 Å². The lowest BCUT2D eigenvalue weighted by Gasteiger charge is -2.36. The van der Waals surface area contributed by atoms with Crippen LogP contribution in [0.2, 0.25) is 71.5 Å². The van der Waals surface area contributed by atoms with Crippen LogP contribution >= 0.6 is 0 Å². The van der Waals surface area contributed by atoms with Crippen molar-refractivity contribution >= 4 is 40.1 Å². The molecule has 10 heteroatoms. The Morgan fingerprint density at radius 1 is 0.729 bits per heavy atom. The minimum atomic E-state index is -2.05. The van der Waals surface area contributed by atoms with E-state index in [-0.39, 0.29) is 12.2 Å². The van der Waals surface area contributed by atoms with Gasteiger partial charge in [0.25, 0.3) is 0 Å². The first-order valence-corrected chi connectivity index (χ1v) is 34.4. The van der Waals surface area contributed by atoms with E-state index in [1.807, 2.05) is 13.7 Å². The molecule has 59 heavy (non-hydrogen) atoms. The molecule has 3 atom stereocenters. The molecule has 7 rings (SSSR count). The molecule has 0 amide bonds. The number of hydrogen-bond donors (Lipinski definition) is 0. The van der Waals surface area contributed by atoms with E-state index >= 15 is 0 Å². The molecule has 0 spiro atoms. The smallest absolute Gasteiger partial charge is 0.177 e. The molecule has 0 N–H and O–H groups in total. The standard InChI is InChI=1S/C45H62O5Si4.C3H6.CH2O/c1-32(30-53(8,9)49-51(2,3)4)24-33-25-36(21-23-43(33)47-28-37-27-46-37)45(41-18-14-12-16-39(41)40-17-13-15-19-42(40)45)35-20-22-38(44-29-48-44)34(26-35)31-54(10,11)50-52(5,6)7;1-3-2;1-2/h12-23,25-26,32,37,44H,24,27-31H2,1-11H3;3H,1H2,2H3;1H2. The van der Waals surface area contributed by atoms with Gasteiger partial charge in [-0.15, -0.1) is 6.58 Å². The highest BCUT2D eigenvalue weighted by molar-refractivity contribution is 6.84. The molecular formula is C49H70O6Si4. The average Bonchev–Trinajstić information content (AvgIpc) is 4.08. The zero-order chi connectivity index (χ0) is 43.4. The van der Waals surface area contributed by atoms with Crippen molar-refractivity contribution in [2.75, 3.05) is 19.8 Å². The van der Waals surface area contributed by atoms with Crippen LogP contribution < -0.4 is 4.74 Å². The summed E-state index contributed by atoms with van der Waals surface area (Å²) in [6, 6.07) is 34.6. The van der Waals surface area contributed by atoms with Crippen LogP contribution in [-0.2, 0) is 40.4 Å². The topological polar surface area (TPSA) is 69.8 Å². The molecule has 3 unspecified atom stereocenters. The van der Waals surface area contributed by atoms with Crippen molar-refractivity contribution in [1.29, 1.82) is 0 Å². The molecule has 6 nitrogen and oxygen atoms in total. The molecule has 0 bridgehead atoms. The molecule has 2 saturated heterocycles. The number of carbonyl (C=O) groups excluding carboxylic acids is 1. The summed E-state index contributed by atoms with van der Waals surface area (Å²) in [5.74, 6) is 1.42. The molecule has 0 radical (unpaired) electrons. The fraction of sp³-hybridized carbons (Fsp3) is 0.449. The van der Waals surface area contributed by atoms with Crippen LogP contribution in [0, 0.1) is 5.92 Å². The Bertz CT molecular complexity index is 2010. The highest BCUT2D eigenvalue weighted by Crippen LogP contribution is 2.57. The van der Waals surface area contributed by atoms with Gasteiger partial charge in [0.1, 0.15) is 31.4 Å². The quantitative estimate of drug-likeness (QED) is 0.0559. The molecule has 2 fully saturated rings. The van der Waals surface area contributed by atoms with Gasteiger partial charge in [0, 0.05) is 0 Å². The van der Waals surface area contributed by atoms with E-state index in [1.54, 1.807) is 6.08 Å². The second-order valence-corrected chi connectivity index (χ2v) is 37.6. The van der Waals surface area contributed by atoms with Crippen molar-refractivity contribution in [3.8, 4) is 16.9 Å². The summed E-state index contributed by atoms with van der Waals surface area (Å²) in [7, 11) is -7.29. The Hall–Kier alpha value is -3.20. The normalized spacial score (nSPS) is 18.2. The van der Waals surface area contributed by atoms with Gasteiger partial charge in [-0.3, -0.25) is 0 Å². The maximum atomic E-state index is 8.00. The molecule has 4 aromatic carbocycles. The largest absolute Gasteiger partial charge is 0.491 e. The van der Waals surface area contributed by atoms with Crippen LogP contribution in [-0.4, -0.2) is 66.0 Å². The first kappa shape index (κ1) is 46.9.